The standard InChI is InChI=1S/C16H25NO3/c1-3-18-14-6-4-5-7-15(14)20-11-9-16(12-17)8-10-19-13(16)2/h4-7,13H,3,8-12,17H2,1-2H3. The largest absolute Gasteiger partial charge is 0.490 e. The van der Waals surface area contributed by atoms with Gasteiger partial charge >= 0.3 is 0 Å². The van der Waals surface area contributed by atoms with Crippen LogP contribution in [0.1, 0.15) is 26.7 Å². The van der Waals surface area contributed by atoms with E-state index in [-0.39, 0.29) is 11.5 Å². The number of benzene rings is 1. The molecule has 1 heterocycles. The minimum absolute atomic E-state index is 0.0561. The Morgan fingerprint density at radius 3 is 2.55 bits per heavy atom. The van der Waals surface area contributed by atoms with Crippen LogP contribution in [0.4, 0.5) is 0 Å². The molecule has 0 saturated carbocycles. The van der Waals surface area contributed by atoms with Gasteiger partial charge in [-0.05, 0) is 38.8 Å². The molecule has 2 atom stereocenters. The molecule has 0 radical (unpaired) electrons. The number of para-hydroxylation sites is 2. The lowest BCUT2D eigenvalue weighted by molar-refractivity contribution is 0.0549. The van der Waals surface area contributed by atoms with Gasteiger partial charge in [0, 0.05) is 18.6 Å². The molecule has 2 unspecified atom stereocenters. The van der Waals surface area contributed by atoms with Gasteiger partial charge in [-0.15, -0.1) is 0 Å². The van der Waals surface area contributed by atoms with E-state index in [1.165, 1.54) is 0 Å². The van der Waals surface area contributed by atoms with Crippen molar-refractivity contribution in [2.24, 2.45) is 11.1 Å². The van der Waals surface area contributed by atoms with Crippen LogP contribution in [0.15, 0.2) is 24.3 Å². The predicted octanol–water partition coefficient (Wildman–Crippen LogP) is 2.61. The van der Waals surface area contributed by atoms with E-state index in [0.717, 1.165) is 30.9 Å². The summed E-state index contributed by atoms with van der Waals surface area (Å²) >= 11 is 0. The van der Waals surface area contributed by atoms with Crippen LogP contribution in [0.3, 0.4) is 0 Å². The van der Waals surface area contributed by atoms with Gasteiger partial charge in [0.2, 0.25) is 0 Å². The van der Waals surface area contributed by atoms with Crippen molar-refractivity contribution in [1.82, 2.24) is 0 Å². The molecule has 0 aliphatic carbocycles. The highest BCUT2D eigenvalue weighted by Gasteiger charge is 2.40. The topological polar surface area (TPSA) is 53.7 Å². The molecule has 1 aromatic carbocycles. The van der Waals surface area contributed by atoms with Gasteiger partial charge in [-0.25, -0.2) is 0 Å². The fraction of sp³-hybridized carbons (Fsp3) is 0.625. The zero-order valence-electron chi connectivity index (χ0n) is 12.4. The average Bonchev–Trinajstić information content (AvgIpc) is 2.83. The molecule has 1 aliphatic heterocycles. The summed E-state index contributed by atoms with van der Waals surface area (Å²) in [6.07, 6.45) is 2.13. The van der Waals surface area contributed by atoms with E-state index in [4.69, 9.17) is 19.9 Å². The van der Waals surface area contributed by atoms with Crippen molar-refractivity contribution >= 4 is 0 Å². The number of rotatable bonds is 7. The molecule has 1 saturated heterocycles. The zero-order valence-corrected chi connectivity index (χ0v) is 12.4. The van der Waals surface area contributed by atoms with Crippen LogP contribution < -0.4 is 15.2 Å². The van der Waals surface area contributed by atoms with Gasteiger partial charge in [-0.2, -0.15) is 0 Å². The molecule has 4 heteroatoms. The second kappa shape index (κ2) is 6.95. The first-order valence-electron chi connectivity index (χ1n) is 7.38. The Morgan fingerprint density at radius 2 is 2.00 bits per heavy atom. The Hall–Kier alpha value is -1.26. The summed E-state index contributed by atoms with van der Waals surface area (Å²) in [4.78, 5) is 0. The van der Waals surface area contributed by atoms with Gasteiger partial charge in [0.25, 0.3) is 0 Å². The van der Waals surface area contributed by atoms with Crippen LogP contribution in [-0.4, -0.2) is 32.5 Å². The number of hydrogen-bond donors (Lipinski definition) is 1. The first-order chi connectivity index (χ1) is 9.72. The lowest BCUT2D eigenvalue weighted by Crippen LogP contribution is -2.38. The summed E-state index contributed by atoms with van der Waals surface area (Å²) < 4.78 is 17.1. The average molecular weight is 279 g/mol. The maximum Gasteiger partial charge on any atom is 0.161 e. The fourth-order valence-corrected chi connectivity index (χ4v) is 2.73. The van der Waals surface area contributed by atoms with E-state index >= 15 is 0 Å². The molecule has 0 spiro atoms. The molecule has 4 nitrogen and oxygen atoms in total. The minimum Gasteiger partial charge on any atom is -0.490 e. The molecule has 0 aromatic heterocycles. The predicted molar refractivity (Wildman–Crippen MR) is 79.2 cm³/mol. The van der Waals surface area contributed by atoms with Crippen LogP contribution in [0.2, 0.25) is 0 Å². The molecule has 1 aliphatic rings. The fourth-order valence-electron chi connectivity index (χ4n) is 2.73. The lowest BCUT2D eigenvalue weighted by Gasteiger charge is -2.30. The molecule has 2 rings (SSSR count). The lowest BCUT2D eigenvalue weighted by atomic mass is 9.79. The minimum atomic E-state index is 0.0561. The first kappa shape index (κ1) is 15.1. The molecular weight excluding hydrogens is 254 g/mol. The molecule has 1 aromatic rings. The maximum atomic E-state index is 5.96. The number of ether oxygens (including phenoxy) is 3. The van der Waals surface area contributed by atoms with Crippen molar-refractivity contribution in [3.63, 3.8) is 0 Å². The van der Waals surface area contributed by atoms with Crippen molar-refractivity contribution in [2.75, 3.05) is 26.4 Å². The van der Waals surface area contributed by atoms with Crippen LogP contribution >= 0.6 is 0 Å². The highest BCUT2D eigenvalue weighted by molar-refractivity contribution is 5.39. The SMILES string of the molecule is CCOc1ccccc1OCCC1(CN)CCOC1C. The van der Waals surface area contributed by atoms with Gasteiger partial charge in [-0.3, -0.25) is 0 Å². The highest BCUT2D eigenvalue weighted by Crippen LogP contribution is 2.37. The summed E-state index contributed by atoms with van der Waals surface area (Å²) in [6.45, 7) is 6.79. The van der Waals surface area contributed by atoms with Gasteiger partial charge in [0.05, 0.1) is 19.3 Å². The molecule has 112 valence electrons. The van der Waals surface area contributed by atoms with Gasteiger partial charge < -0.3 is 19.9 Å². The molecule has 0 bridgehead atoms. The van der Waals surface area contributed by atoms with E-state index in [2.05, 4.69) is 6.92 Å². The van der Waals surface area contributed by atoms with Gasteiger partial charge in [0.15, 0.2) is 11.5 Å². The third kappa shape index (κ3) is 3.25. The number of nitrogens with two attached hydrogens (primary N) is 1. The second-order valence-electron chi connectivity index (χ2n) is 5.31. The summed E-state index contributed by atoms with van der Waals surface area (Å²) in [6, 6.07) is 7.78. The summed E-state index contributed by atoms with van der Waals surface area (Å²) in [7, 11) is 0. The molecule has 0 amide bonds. The van der Waals surface area contributed by atoms with E-state index in [9.17, 15) is 0 Å². The molecular formula is C16H25NO3. The van der Waals surface area contributed by atoms with Crippen molar-refractivity contribution < 1.29 is 14.2 Å². The molecule has 2 N–H and O–H groups in total. The third-order valence-corrected chi connectivity index (χ3v) is 4.24. The van der Waals surface area contributed by atoms with Crippen molar-refractivity contribution in [2.45, 2.75) is 32.8 Å². The van der Waals surface area contributed by atoms with Gasteiger partial charge in [-0.1, -0.05) is 12.1 Å². The first-order valence-corrected chi connectivity index (χ1v) is 7.38. The van der Waals surface area contributed by atoms with Gasteiger partial charge in [0.1, 0.15) is 0 Å². The smallest absolute Gasteiger partial charge is 0.161 e. The van der Waals surface area contributed by atoms with Crippen LogP contribution in [-0.2, 0) is 4.74 Å². The summed E-state index contributed by atoms with van der Waals surface area (Å²) in [5.41, 5.74) is 6.01. The Kier molecular flexibility index (Phi) is 5.26. The Morgan fingerprint density at radius 1 is 1.30 bits per heavy atom. The molecule has 1 fully saturated rings. The Balaban J connectivity index is 1.92. The van der Waals surface area contributed by atoms with E-state index in [1.54, 1.807) is 0 Å². The summed E-state index contributed by atoms with van der Waals surface area (Å²) in [5.74, 6) is 1.60. The van der Waals surface area contributed by atoms with E-state index in [0.29, 0.717) is 19.8 Å². The normalized spacial score (nSPS) is 25.6. The zero-order chi connectivity index (χ0) is 14.4. The van der Waals surface area contributed by atoms with Crippen LogP contribution in [0.25, 0.3) is 0 Å². The van der Waals surface area contributed by atoms with E-state index in [1.807, 2.05) is 31.2 Å². The third-order valence-electron chi connectivity index (χ3n) is 4.24. The van der Waals surface area contributed by atoms with Crippen LogP contribution in [0.5, 0.6) is 11.5 Å². The Bertz CT molecular complexity index is 424. The van der Waals surface area contributed by atoms with Crippen LogP contribution in [0, 0.1) is 5.41 Å². The number of hydrogen-bond acceptors (Lipinski definition) is 4. The maximum absolute atomic E-state index is 5.96. The van der Waals surface area contributed by atoms with E-state index < -0.39 is 0 Å². The van der Waals surface area contributed by atoms with Crippen molar-refractivity contribution in [3.05, 3.63) is 24.3 Å². The quantitative estimate of drug-likeness (QED) is 0.833. The highest BCUT2D eigenvalue weighted by atomic mass is 16.5. The van der Waals surface area contributed by atoms with Crippen molar-refractivity contribution in [3.8, 4) is 11.5 Å². The van der Waals surface area contributed by atoms with Crippen molar-refractivity contribution in [1.29, 1.82) is 0 Å². The summed E-state index contributed by atoms with van der Waals surface area (Å²) in [5, 5.41) is 0. The Labute approximate surface area is 121 Å². The second-order valence-corrected chi connectivity index (χ2v) is 5.31. The monoisotopic (exact) mass is 279 g/mol. The molecule has 20 heavy (non-hydrogen) atoms.